The molecule has 1 fully saturated rings. The second kappa shape index (κ2) is 7.97. The van der Waals surface area contributed by atoms with Crippen LogP contribution >= 0.6 is 0 Å². The molecular weight excluding hydrogens is 298 g/mol. The Labute approximate surface area is 135 Å². The third kappa shape index (κ3) is 4.96. The molecule has 3 atom stereocenters. The number of hydrogen-bond acceptors (Lipinski definition) is 4. The van der Waals surface area contributed by atoms with Crippen LogP contribution in [0.4, 0.5) is 0 Å². The topological polar surface area (TPSA) is 84.9 Å². The lowest BCUT2D eigenvalue weighted by molar-refractivity contribution is -0.151. The van der Waals surface area contributed by atoms with Gasteiger partial charge in [-0.2, -0.15) is 0 Å². The summed E-state index contributed by atoms with van der Waals surface area (Å²) in [7, 11) is 0. The van der Waals surface area contributed by atoms with Crippen LogP contribution in [0.1, 0.15) is 31.7 Å². The van der Waals surface area contributed by atoms with Gasteiger partial charge in [-0.1, -0.05) is 19.1 Å². The fraction of sp³-hybridized carbons (Fsp3) is 0.529. The highest BCUT2D eigenvalue weighted by Crippen LogP contribution is 2.20. The van der Waals surface area contributed by atoms with Gasteiger partial charge in [0, 0.05) is 0 Å². The molecule has 6 nitrogen and oxygen atoms in total. The molecule has 0 bridgehead atoms. The van der Waals surface area contributed by atoms with E-state index >= 15 is 0 Å². The SMILES string of the molecule is CCC(CNC(=O)[C@@H]1CC[C@H](C(=O)O)O1)Oc1cccc(C)c1. The molecule has 126 valence electrons. The zero-order valence-corrected chi connectivity index (χ0v) is 13.5. The van der Waals surface area contributed by atoms with Gasteiger partial charge in [0.15, 0.2) is 6.10 Å². The summed E-state index contributed by atoms with van der Waals surface area (Å²) in [6.07, 6.45) is -0.165. The molecule has 0 aromatic heterocycles. The number of carboxylic acid groups (broad SMARTS) is 1. The maximum atomic E-state index is 12.1. The molecule has 1 aromatic carbocycles. The van der Waals surface area contributed by atoms with E-state index in [4.69, 9.17) is 14.6 Å². The number of rotatable bonds is 7. The fourth-order valence-corrected chi connectivity index (χ4v) is 2.49. The molecule has 0 spiro atoms. The van der Waals surface area contributed by atoms with Crippen LogP contribution in [0.2, 0.25) is 0 Å². The van der Waals surface area contributed by atoms with Gasteiger partial charge >= 0.3 is 5.97 Å². The average Bonchev–Trinajstić information content (AvgIpc) is 3.01. The number of aryl methyl sites for hydroxylation is 1. The minimum Gasteiger partial charge on any atom is -0.489 e. The summed E-state index contributed by atoms with van der Waals surface area (Å²) < 4.78 is 11.1. The van der Waals surface area contributed by atoms with Crippen molar-refractivity contribution in [3.05, 3.63) is 29.8 Å². The van der Waals surface area contributed by atoms with Gasteiger partial charge in [0.05, 0.1) is 6.54 Å². The molecular formula is C17H23NO5. The van der Waals surface area contributed by atoms with E-state index in [1.54, 1.807) is 0 Å². The van der Waals surface area contributed by atoms with Crippen molar-refractivity contribution in [2.75, 3.05) is 6.54 Å². The quantitative estimate of drug-likeness (QED) is 0.801. The average molecular weight is 321 g/mol. The Balaban J connectivity index is 1.81. The number of benzene rings is 1. The first-order chi connectivity index (χ1) is 11.0. The number of carbonyl (C=O) groups excluding carboxylic acids is 1. The monoisotopic (exact) mass is 321 g/mol. The molecule has 1 amide bonds. The van der Waals surface area contributed by atoms with Gasteiger partial charge in [-0.3, -0.25) is 4.79 Å². The van der Waals surface area contributed by atoms with Gasteiger partial charge in [0.25, 0.3) is 0 Å². The van der Waals surface area contributed by atoms with Crippen LogP contribution in [-0.2, 0) is 14.3 Å². The van der Waals surface area contributed by atoms with Crippen molar-refractivity contribution in [3.8, 4) is 5.75 Å². The van der Waals surface area contributed by atoms with E-state index in [1.807, 2.05) is 38.1 Å². The molecule has 23 heavy (non-hydrogen) atoms. The van der Waals surface area contributed by atoms with Crippen molar-refractivity contribution in [1.82, 2.24) is 5.32 Å². The number of amides is 1. The maximum Gasteiger partial charge on any atom is 0.332 e. The lowest BCUT2D eigenvalue weighted by atomic mass is 10.2. The maximum absolute atomic E-state index is 12.1. The van der Waals surface area contributed by atoms with E-state index in [2.05, 4.69) is 5.32 Å². The molecule has 6 heteroatoms. The van der Waals surface area contributed by atoms with Gasteiger partial charge in [-0.25, -0.2) is 4.79 Å². The van der Waals surface area contributed by atoms with E-state index in [1.165, 1.54) is 0 Å². The number of hydrogen-bond donors (Lipinski definition) is 2. The highest BCUT2D eigenvalue weighted by molar-refractivity contribution is 5.82. The van der Waals surface area contributed by atoms with Crippen LogP contribution < -0.4 is 10.1 Å². The Bertz CT molecular complexity index is 560. The summed E-state index contributed by atoms with van der Waals surface area (Å²) in [4.78, 5) is 22.9. The van der Waals surface area contributed by atoms with E-state index in [-0.39, 0.29) is 12.0 Å². The summed E-state index contributed by atoms with van der Waals surface area (Å²) in [5, 5.41) is 11.7. The lowest BCUT2D eigenvalue weighted by Crippen LogP contribution is -2.41. The second-order valence-electron chi connectivity index (χ2n) is 5.74. The molecule has 2 N–H and O–H groups in total. The van der Waals surface area contributed by atoms with Gasteiger partial charge in [0.1, 0.15) is 18.0 Å². The van der Waals surface area contributed by atoms with Crippen LogP contribution in [0.25, 0.3) is 0 Å². The summed E-state index contributed by atoms with van der Waals surface area (Å²) in [5.74, 6) is -0.524. The zero-order chi connectivity index (χ0) is 16.8. The number of carboxylic acids is 1. The van der Waals surface area contributed by atoms with Gasteiger partial charge in [-0.05, 0) is 43.9 Å². The normalized spacial score (nSPS) is 21.7. The zero-order valence-electron chi connectivity index (χ0n) is 13.5. The van der Waals surface area contributed by atoms with Crippen molar-refractivity contribution >= 4 is 11.9 Å². The molecule has 0 radical (unpaired) electrons. The Morgan fingerprint density at radius 2 is 2.13 bits per heavy atom. The minimum atomic E-state index is -1.02. The van der Waals surface area contributed by atoms with Crippen LogP contribution in [-0.4, -0.2) is 41.8 Å². The van der Waals surface area contributed by atoms with E-state index in [0.717, 1.165) is 17.7 Å². The predicted molar refractivity (Wildman–Crippen MR) is 84.4 cm³/mol. The molecule has 0 aliphatic carbocycles. The van der Waals surface area contributed by atoms with Crippen LogP contribution in [0.15, 0.2) is 24.3 Å². The third-order valence-electron chi connectivity index (χ3n) is 3.84. The Hall–Kier alpha value is -2.08. The third-order valence-corrected chi connectivity index (χ3v) is 3.84. The first-order valence-corrected chi connectivity index (χ1v) is 7.89. The van der Waals surface area contributed by atoms with Crippen molar-refractivity contribution in [2.45, 2.75) is 51.4 Å². The largest absolute Gasteiger partial charge is 0.489 e. The molecule has 1 unspecified atom stereocenters. The second-order valence-corrected chi connectivity index (χ2v) is 5.74. The molecule has 2 rings (SSSR count). The summed E-state index contributed by atoms with van der Waals surface area (Å²) in [6, 6.07) is 7.75. The van der Waals surface area contributed by atoms with E-state index in [0.29, 0.717) is 19.4 Å². The first-order valence-electron chi connectivity index (χ1n) is 7.89. The van der Waals surface area contributed by atoms with Crippen LogP contribution in [0, 0.1) is 6.92 Å². The molecule has 1 aromatic rings. The fourth-order valence-electron chi connectivity index (χ4n) is 2.49. The van der Waals surface area contributed by atoms with Crippen LogP contribution in [0.3, 0.4) is 0 Å². The highest BCUT2D eigenvalue weighted by Gasteiger charge is 2.34. The Morgan fingerprint density at radius 1 is 1.39 bits per heavy atom. The standard InChI is InChI=1S/C17H23NO5/c1-3-12(22-13-6-4-5-11(2)9-13)10-18-16(19)14-7-8-15(23-14)17(20)21/h4-6,9,12,14-15H,3,7-8,10H2,1-2H3,(H,18,19)(H,20,21)/t12?,14-,15+/m0/s1. The highest BCUT2D eigenvalue weighted by atomic mass is 16.5. The van der Waals surface area contributed by atoms with E-state index in [9.17, 15) is 9.59 Å². The summed E-state index contributed by atoms with van der Waals surface area (Å²) in [6.45, 7) is 4.34. The summed E-state index contributed by atoms with van der Waals surface area (Å²) in [5.41, 5.74) is 1.11. The number of ether oxygens (including phenoxy) is 2. The Kier molecular flexibility index (Phi) is 5.98. The predicted octanol–water partition coefficient (Wildman–Crippen LogP) is 1.90. The number of nitrogens with one attached hydrogen (secondary N) is 1. The molecule has 1 aliphatic rings. The number of carbonyl (C=O) groups is 2. The molecule has 1 aliphatic heterocycles. The van der Waals surface area contributed by atoms with Crippen molar-refractivity contribution in [1.29, 1.82) is 0 Å². The van der Waals surface area contributed by atoms with Crippen molar-refractivity contribution < 1.29 is 24.2 Å². The van der Waals surface area contributed by atoms with Gasteiger partial charge < -0.3 is 19.9 Å². The number of aliphatic carboxylic acids is 1. The lowest BCUT2D eigenvalue weighted by Gasteiger charge is -2.19. The van der Waals surface area contributed by atoms with Gasteiger partial charge in [-0.15, -0.1) is 0 Å². The first kappa shape index (κ1) is 17.3. The van der Waals surface area contributed by atoms with Crippen molar-refractivity contribution in [2.24, 2.45) is 0 Å². The molecule has 0 saturated carbocycles. The summed E-state index contributed by atoms with van der Waals surface area (Å²) >= 11 is 0. The van der Waals surface area contributed by atoms with E-state index < -0.39 is 18.2 Å². The molecule has 1 saturated heterocycles. The van der Waals surface area contributed by atoms with Gasteiger partial charge in [0.2, 0.25) is 5.91 Å². The minimum absolute atomic E-state index is 0.141. The smallest absolute Gasteiger partial charge is 0.332 e. The van der Waals surface area contributed by atoms with Crippen LogP contribution in [0.5, 0.6) is 5.75 Å². The molecule has 1 heterocycles. The Morgan fingerprint density at radius 3 is 2.74 bits per heavy atom. The van der Waals surface area contributed by atoms with Crippen molar-refractivity contribution in [3.63, 3.8) is 0 Å².